The van der Waals surface area contributed by atoms with E-state index in [-0.39, 0.29) is 41.4 Å². The van der Waals surface area contributed by atoms with Crippen molar-refractivity contribution >= 4 is 78.3 Å². The molecule has 7 rings (SSSR count). The van der Waals surface area contributed by atoms with Crippen LogP contribution in [0.4, 0.5) is 10.2 Å². The van der Waals surface area contributed by atoms with Gasteiger partial charge in [-0.25, -0.2) is 29.3 Å². The van der Waals surface area contributed by atoms with E-state index >= 15 is 4.39 Å². The van der Waals surface area contributed by atoms with Gasteiger partial charge in [0, 0.05) is 0 Å². The van der Waals surface area contributed by atoms with Crippen LogP contribution in [0.1, 0.15) is 12.5 Å². The molecule has 4 N–H and O–H groups in total. The molecule has 4 aromatic rings. The number of thiol groups is 2. The van der Waals surface area contributed by atoms with Gasteiger partial charge in [0.15, 0.2) is 54.3 Å². The van der Waals surface area contributed by atoms with Crippen molar-refractivity contribution in [1.29, 1.82) is 0 Å². The zero-order valence-corrected chi connectivity index (χ0v) is 26.0. The lowest BCUT2D eigenvalue weighted by molar-refractivity contribution is -0.0521. The average Bonchev–Trinajstić information content (AvgIpc) is 3.73. The number of halogens is 1. The van der Waals surface area contributed by atoms with Gasteiger partial charge in [0.25, 0.3) is 5.56 Å². The number of alkyl halides is 1. The zero-order valence-electron chi connectivity index (χ0n) is 22.4. The highest BCUT2D eigenvalue weighted by Gasteiger charge is 2.52. The van der Waals surface area contributed by atoms with Crippen LogP contribution in [0.5, 0.6) is 0 Å². The molecular formula is C22H26FN9O8P2S2. The molecule has 0 spiro atoms. The van der Waals surface area contributed by atoms with Crippen molar-refractivity contribution in [2.75, 3.05) is 18.9 Å². The van der Waals surface area contributed by atoms with Crippen LogP contribution in [0, 0.1) is 0 Å². The zero-order chi connectivity index (χ0) is 31.0. The first-order valence-electron chi connectivity index (χ1n) is 13.0. The molecule has 3 saturated heterocycles. The summed E-state index contributed by atoms with van der Waals surface area (Å²) >= 11 is 9.02. The Bertz CT molecular complexity index is 1890. The summed E-state index contributed by atoms with van der Waals surface area (Å²) in [7, 11) is 0. The SMILES string of the molecule is C=P1(S)OC[C@H]2O[C@@H](n3cnc4c(=O)[nH]cnc43)[C@H](O)[C@@H]2OP(=C)(S)OC[C@@H]2O[C@H](n3cnc4c(N)ncnc43)[C@H](F)[C@H]2O1. The number of rotatable bonds is 2. The molecule has 0 bridgehead atoms. The van der Waals surface area contributed by atoms with E-state index in [2.05, 4.69) is 67.0 Å². The predicted molar refractivity (Wildman–Crippen MR) is 164 cm³/mol. The Morgan fingerprint density at radius 2 is 1.52 bits per heavy atom. The van der Waals surface area contributed by atoms with Crippen LogP contribution in [0.2, 0.25) is 0 Å². The molecule has 2 unspecified atom stereocenters. The fourth-order valence-electron chi connectivity index (χ4n) is 5.32. The van der Waals surface area contributed by atoms with Crippen LogP contribution < -0.4 is 11.3 Å². The quantitative estimate of drug-likeness (QED) is 0.148. The summed E-state index contributed by atoms with van der Waals surface area (Å²) in [5, 5.41) is 11.4. The third-order valence-electron chi connectivity index (χ3n) is 7.33. The molecule has 236 valence electrons. The Kier molecular flexibility index (Phi) is 7.69. The summed E-state index contributed by atoms with van der Waals surface area (Å²) < 4.78 is 55.2. The van der Waals surface area contributed by atoms with Gasteiger partial charge in [-0.1, -0.05) is 24.5 Å². The van der Waals surface area contributed by atoms with E-state index in [1.807, 2.05) is 0 Å². The Morgan fingerprint density at radius 1 is 0.932 bits per heavy atom. The number of hydrogen-bond acceptors (Lipinski definition) is 16. The van der Waals surface area contributed by atoms with Crippen LogP contribution in [0.15, 0.2) is 30.1 Å². The van der Waals surface area contributed by atoms with Gasteiger partial charge in [0.1, 0.15) is 42.4 Å². The molecule has 4 aromatic heterocycles. The monoisotopic (exact) mass is 689 g/mol. The Morgan fingerprint density at radius 3 is 2.25 bits per heavy atom. The van der Waals surface area contributed by atoms with E-state index in [9.17, 15) is 9.90 Å². The summed E-state index contributed by atoms with van der Waals surface area (Å²) in [6.07, 6.45) is 3.29. The van der Waals surface area contributed by atoms with Crippen LogP contribution >= 0.6 is 37.6 Å². The Balaban J connectivity index is 1.17. The number of hydrogen-bond donors (Lipinski definition) is 5. The number of nitrogens with one attached hydrogen (secondary N) is 1. The largest absolute Gasteiger partial charge is 0.386 e. The summed E-state index contributed by atoms with van der Waals surface area (Å²) in [6, 6.07) is 0. The van der Waals surface area contributed by atoms with E-state index in [0.29, 0.717) is 0 Å². The highest BCUT2D eigenvalue weighted by Crippen LogP contribution is 2.60. The minimum Gasteiger partial charge on any atom is -0.386 e. The van der Waals surface area contributed by atoms with Crippen molar-refractivity contribution in [3.05, 3.63) is 35.7 Å². The molecule has 0 aliphatic carbocycles. The van der Waals surface area contributed by atoms with E-state index in [1.165, 1.54) is 34.4 Å². The lowest BCUT2D eigenvalue weighted by atomic mass is 10.1. The molecule has 0 amide bonds. The van der Waals surface area contributed by atoms with E-state index in [4.69, 9.17) is 33.3 Å². The van der Waals surface area contributed by atoms with Crippen molar-refractivity contribution in [3.63, 3.8) is 0 Å². The normalized spacial score (nSPS) is 38.3. The van der Waals surface area contributed by atoms with Gasteiger partial charge in [0.2, 0.25) is 0 Å². The summed E-state index contributed by atoms with van der Waals surface area (Å²) in [5.74, 6) is 0.127. The number of anilines is 1. The van der Waals surface area contributed by atoms with Gasteiger partial charge in [-0.2, -0.15) is 0 Å². The van der Waals surface area contributed by atoms with Gasteiger partial charge in [-0.3, -0.25) is 13.9 Å². The number of nitrogen functional groups attached to an aromatic ring is 1. The van der Waals surface area contributed by atoms with Gasteiger partial charge >= 0.3 is 0 Å². The predicted octanol–water partition coefficient (Wildman–Crippen LogP) is 1.10. The number of H-pyrrole nitrogens is 1. The molecule has 3 aliphatic heterocycles. The number of aliphatic hydroxyl groups excluding tert-OH is 1. The molecule has 0 aromatic carbocycles. The number of ether oxygens (including phenoxy) is 2. The second-order valence-corrected chi connectivity index (χ2v) is 17.4. The molecule has 17 nitrogen and oxygen atoms in total. The molecule has 0 saturated carbocycles. The fourth-order valence-corrected chi connectivity index (χ4v) is 8.53. The lowest BCUT2D eigenvalue weighted by Crippen LogP contribution is -2.37. The Hall–Kier alpha value is -2.35. The summed E-state index contributed by atoms with van der Waals surface area (Å²) in [4.78, 5) is 35.1. The minimum atomic E-state index is -3.30. The van der Waals surface area contributed by atoms with E-state index < -0.39 is 67.8 Å². The standard InChI is InChI=1S/C22H26FN9O8P2S2/c1-41(43)36-4-10-16(14(33)22(38-10)32-8-30-13-19(32)27-6-28-20(13)34)40-42(2,44)35-3-9-15(39-41)11(23)21(37-9)31-7-29-12-17(24)25-5-26-18(12)31/h5-11,14-16,21-22,33,43-44H,1-4H2,(H2,24,25,26)(H,27,28,34)/t9-,10+,11+,14+,15-,16+,21-,22+,41?,42?/m0/s1. The number of nitrogens with two attached hydrogens (primary N) is 1. The van der Waals surface area contributed by atoms with Crippen LogP contribution in [-0.2, 0) is 27.6 Å². The number of aromatic amines is 1. The van der Waals surface area contributed by atoms with Gasteiger partial charge in [-0.05, 0) is 12.6 Å². The van der Waals surface area contributed by atoms with Gasteiger partial charge in [-0.15, -0.1) is 0 Å². The van der Waals surface area contributed by atoms with E-state index in [1.54, 1.807) is 0 Å². The third-order valence-corrected chi connectivity index (χ3v) is 10.8. The topological polar surface area (TPSA) is 209 Å². The number of aromatic nitrogens is 8. The van der Waals surface area contributed by atoms with Crippen molar-refractivity contribution in [2.24, 2.45) is 0 Å². The molecule has 22 heteroatoms. The third kappa shape index (κ3) is 5.31. The molecule has 10 atom stereocenters. The van der Waals surface area contributed by atoms with Crippen LogP contribution in [0.25, 0.3) is 22.3 Å². The number of imidazole rings is 2. The van der Waals surface area contributed by atoms with Crippen molar-refractivity contribution in [1.82, 2.24) is 39.0 Å². The van der Waals surface area contributed by atoms with Crippen molar-refractivity contribution < 1.29 is 37.1 Å². The van der Waals surface area contributed by atoms with Gasteiger partial charge < -0.3 is 43.4 Å². The highest BCUT2D eigenvalue weighted by molar-refractivity contribution is 8.48. The molecule has 3 aliphatic rings. The number of aliphatic hydroxyl groups is 1. The minimum absolute atomic E-state index is 0.0552. The smallest absolute Gasteiger partial charge is 0.278 e. The molecule has 44 heavy (non-hydrogen) atoms. The second-order valence-electron chi connectivity index (χ2n) is 10.2. The highest BCUT2D eigenvalue weighted by atomic mass is 32.7. The lowest BCUT2D eigenvalue weighted by Gasteiger charge is -2.32. The fraction of sp³-hybridized carbons (Fsp3) is 0.455. The molecule has 3 fully saturated rings. The summed E-state index contributed by atoms with van der Waals surface area (Å²) in [5.41, 5.74) is 6.21. The molecular weight excluding hydrogens is 663 g/mol. The van der Waals surface area contributed by atoms with Gasteiger partial charge in [0.05, 0.1) is 32.2 Å². The first-order chi connectivity index (χ1) is 20.9. The first-order valence-corrected chi connectivity index (χ1v) is 18.9. The van der Waals surface area contributed by atoms with E-state index in [0.717, 1.165) is 0 Å². The Labute approximate surface area is 257 Å². The van der Waals surface area contributed by atoms with Crippen molar-refractivity contribution in [2.45, 2.75) is 49.1 Å². The maximum atomic E-state index is 16.1. The molecule has 7 heterocycles. The van der Waals surface area contributed by atoms with Crippen molar-refractivity contribution in [3.8, 4) is 0 Å². The number of fused-ring (bicyclic) bond motifs is 4. The second kappa shape index (κ2) is 11.2. The van der Waals surface area contributed by atoms with Crippen LogP contribution in [-0.4, -0.2) is 107 Å². The number of nitrogens with zero attached hydrogens (tertiary/aromatic N) is 7. The van der Waals surface area contributed by atoms with Crippen LogP contribution in [0.3, 0.4) is 0 Å². The average molecular weight is 690 g/mol. The summed E-state index contributed by atoms with van der Waals surface area (Å²) in [6.45, 7) is -7.08. The maximum absolute atomic E-state index is 16.1. The maximum Gasteiger partial charge on any atom is 0.278 e. The molecule has 0 radical (unpaired) electrons. The first kappa shape index (κ1) is 30.3.